The highest BCUT2D eigenvalue weighted by Crippen LogP contribution is 2.40. The molecule has 1 heterocycles. The smallest absolute Gasteiger partial charge is 0.256 e. The van der Waals surface area contributed by atoms with Gasteiger partial charge in [-0.3, -0.25) is 4.79 Å². The molecular weight excluding hydrogens is 363 g/mol. The van der Waals surface area contributed by atoms with Crippen LogP contribution in [0, 0.1) is 11.6 Å². The SMILES string of the molecule is O=C(c1ccc(Cl)cc1Cl)N1CCSC1c1ccc(F)cc1F. The Kier molecular flexibility index (Phi) is 4.80. The van der Waals surface area contributed by atoms with Gasteiger partial charge in [0.2, 0.25) is 0 Å². The van der Waals surface area contributed by atoms with E-state index < -0.39 is 17.0 Å². The maximum Gasteiger partial charge on any atom is 0.256 e. The van der Waals surface area contributed by atoms with Crippen molar-refractivity contribution in [1.82, 2.24) is 4.90 Å². The molecule has 120 valence electrons. The van der Waals surface area contributed by atoms with Crippen molar-refractivity contribution in [1.29, 1.82) is 0 Å². The van der Waals surface area contributed by atoms with Gasteiger partial charge in [0.1, 0.15) is 17.0 Å². The van der Waals surface area contributed by atoms with Gasteiger partial charge in [0.15, 0.2) is 0 Å². The summed E-state index contributed by atoms with van der Waals surface area (Å²) in [5.41, 5.74) is 0.596. The highest BCUT2D eigenvalue weighted by Gasteiger charge is 2.33. The molecule has 0 spiro atoms. The van der Waals surface area contributed by atoms with Crippen LogP contribution in [0.2, 0.25) is 10.0 Å². The molecule has 1 aliphatic rings. The fraction of sp³-hybridized carbons (Fsp3) is 0.188. The zero-order chi connectivity index (χ0) is 16.6. The lowest BCUT2D eigenvalue weighted by atomic mass is 10.1. The molecule has 0 radical (unpaired) electrons. The predicted molar refractivity (Wildman–Crippen MR) is 89.1 cm³/mol. The average molecular weight is 374 g/mol. The van der Waals surface area contributed by atoms with E-state index in [1.54, 1.807) is 12.1 Å². The topological polar surface area (TPSA) is 20.3 Å². The molecule has 2 aromatic carbocycles. The van der Waals surface area contributed by atoms with Crippen molar-refractivity contribution < 1.29 is 13.6 Å². The maximum atomic E-state index is 14.0. The number of carbonyl (C=O) groups is 1. The van der Waals surface area contributed by atoms with Crippen LogP contribution < -0.4 is 0 Å². The first-order chi connectivity index (χ1) is 11.0. The Hall–Kier alpha value is -1.30. The van der Waals surface area contributed by atoms with Gasteiger partial charge in [0.25, 0.3) is 5.91 Å². The quantitative estimate of drug-likeness (QED) is 0.724. The number of thioether (sulfide) groups is 1. The fourth-order valence-electron chi connectivity index (χ4n) is 2.46. The van der Waals surface area contributed by atoms with Gasteiger partial charge in [-0.2, -0.15) is 0 Å². The largest absolute Gasteiger partial charge is 0.322 e. The van der Waals surface area contributed by atoms with Crippen LogP contribution in [0.25, 0.3) is 0 Å². The van der Waals surface area contributed by atoms with Crippen LogP contribution in [0.15, 0.2) is 36.4 Å². The van der Waals surface area contributed by atoms with Gasteiger partial charge in [-0.05, 0) is 24.3 Å². The van der Waals surface area contributed by atoms with Crippen LogP contribution in [-0.4, -0.2) is 23.1 Å². The number of amides is 1. The summed E-state index contributed by atoms with van der Waals surface area (Å²) in [6.07, 6.45) is 0. The second-order valence-corrected chi connectivity index (χ2v) is 7.04. The first-order valence-corrected chi connectivity index (χ1v) is 8.60. The van der Waals surface area contributed by atoms with E-state index in [9.17, 15) is 13.6 Å². The Morgan fingerprint density at radius 3 is 2.65 bits per heavy atom. The third-order valence-corrected chi connectivity index (χ3v) is 5.33. The molecule has 2 nitrogen and oxygen atoms in total. The van der Waals surface area contributed by atoms with Crippen molar-refractivity contribution in [3.8, 4) is 0 Å². The molecule has 0 bridgehead atoms. The number of rotatable bonds is 2. The lowest BCUT2D eigenvalue weighted by molar-refractivity contribution is 0.0759. The minimum atomic E-state index is -0.663. The van der Waals surface area contributed by atoms with E-state index in [1.807, 2.05) is 0 Å². The number of hydrogen-bond donors (Lipinski definition) is 0. The van der Waals surface area contributed by atoms with Crippen LogP contribution in [0.4, 0.5) is 8.78 Å². The highest BCUT2D eigenvalue weighted by atomic mass is 35.5. The van der Waals surface area contributed by atoms with Gasteiger partial charge in [-0.15, -0.1) is 11.8 Å². The second-order valence-electron chi connectivity index (χ2n) is 5.01. The summed E-state index contributed by atoms with van der Waals surface area (Å²) in [4.78, 5) is 14.3. The lowest BCUT2D eigenvalue weighted by Gasteiger charge is -2.25. The zero-order valence-corrected chi connectivity index (χ0v) is 14.1. The zero-order valence-electron chi connectivity index (χ0n) is 11.7. The van der Waals surface area contributed by atoms with Crippen molar-refractivity contribution >= 4 is 40.9 Å². The van der Waals surface area contributed by atoms with E-state index >= 15 is 0 Å². The molecule has 0 saturated carbocycles. The van der Waals surface area contributed by atoms with E-state index in [2.05, 4.69) is 0 Å². The summed E-state index contributed by atoms with van der Waals surface area (Å²) < 4.78 is 27.1. The van der Waals surface area contributed by atoms with E-state index in [1.165, 1.54) is 34.9 Å². The molecule has 1 unspecified atom stereocenters. The Morgan fingerprint density at radius 1 is 1.17 bits per heavy atom. The summed E-state index contributed by atoms with van der Waals surface area (Å²) in [5, 5.41) is 0.177. The van der Waals surface area contributed by atoms with Gasteiger partial charge in [-0.25, -0.2) is 8.78 Å². The van der Waals surface area contributed by atoms with Crippen molar-refractivity contribution in [2.45, 2.75) is 5.37 Å². The molecule has 1 amide bonds. The van der Waals surface area contributed by atoms with E-state index in [-0.39, 0.29) is 16.5 Å². The first kappa shape index (κ1) is 16.6. The third-order valence-electron chi connectivity index (χ3n) is 3.54. The second kappa shape index (κ2) is 6.67. The number of nitrogens with zero attached hydrogens (tertiary/aromatic N) is 1. The van der Waals surface area contributed by atoms with Crippen LogP contribution >= 0.6 is 35.0 Å². The molecule has 0 aromatic heterocycles. The molecular formula is C16H11Cl2F2NOS. The molecule has 0 aliphatic carbocycles. The van der Waals surface area contributed by atoms with Crippen LogP contribution in [0.1, 0.15) is 21.3 Å². The van der Waals surface area contributed by atoms with Gasteiger partial charge < -0.3 is 4.90 Å². The highest BCUT2D eigenvalue weighted by molar-refractivity contribution is 7.99. The van der Waals surface area contributed by atoms with Crippen molar-refractivity contribution in [3.05, 3.63) is 69.2 Å². The van der Waals surface area contributed by atoms with E-state index in [0.29, 0.717) is 22.9 Å². The number of halogens is 4. The van der Waals surface area contributed by atoms with Gasteiger partial charge in [0, 0.05) is 29.0 Å². The minimum absolute atomic E-state index is 0.248. The van der Waals surface area contributed by atoms with E-state index in [0.717, 1.165) is 6.07 Å². The number of hydrogen-bond acceptors (Lipinski definition) is 2. The molecule has 1 fully saturated rings. The summed E-state index contributed by atoms with van der Waals surface area (Å²) in [6.45, 7) is 0.462. The predicted octanol–water partition coefficient (Wildman–Crippen LogP) is 5.16. The summed E-state index contributed by atoms with van der Waals surface area (Å²) in [6, 6.07) is 8.01. The fourth-order valence-corrected chi connectivity index (χ4v) is 4.22. The molecule has 1 saturated heterocycles. The van der Waals surface area contributed by atoms with Crippen LogP contribution in [0.3, 0.4) is 0 Å². The third kappa shape index (κ3) is 3.32. The van der Waals surface area contributed by atoms with E-state index in [4.69, 9.17) is 23.2 Å². The van der Waals surface area contributed by atoms with Gasteiger partial charge in [0.05, 0.1) is 10.6 Å². The van der Waals surface area contributed by atoms with Crippen molar-refractivity contribution in [3.63, 3.8) is 0 Å². The Bertz CT molecular complexity index is 772. The normalized spacial score (nSPS) is 17.6. The number of benzene rings is 2. The maximum absolute atomic E-state index is 14.0. The van der Waals surface area contributed by atoms with Crippen molar-refractivity contribution in [2.24, 2.45) is 0 Å². The van der Waals surface area contributed by atoms with Crippen molar-refractivity contribution in [2.75, 3.05) is 12.3 Å². The van der Waals surface area contributed by atoms with Gasteiger partial charge >= 0.3 is 0 Å². The summed E-state index contributed by atoms with van der Waals surface area (Å²) >= 11 is 13.4. The summed E-state index contributed by atoms with van der Waals surface area (Å²) in [7, 11) is 0. The Labute approximate surface area is 146 Å². The molecule has 7 heteroatoms. The summed E-state index contributed by atoms with van der Waals surface area (Å²) in [5.74, 6) is -0.944. The van der Waals surface area contributed by atoms with Crippen LogP contribution in [-0.2, 0) is 0 Å². The minimum Gasteiger partial charge on any atom is -0.322 e. The van der Waals surface area contributed by atoms with Crippen LogP contribution in [0.5, 0.6) is 0 Å². The molecule has 0 N–H and O–H groups in total. The molecule has 1 atom stereocenters. The average Bonchev–Trinajstić information content (AvgIpc) is 2.95. The molecule has 23 heavy (non-hydrogen) atoms. The standard InChI is InChI=1S/C16H11Cl2F2NOS/c17-9-1-3-11(13(18)7-9)15(22)21-5-6-23-16(21)12-4-2-10(19)8-14(12)20/h1-4,7-8,16H,5-6H2. The Balaban J connectivity index is 1.93. The number of carbonyl (C=O) groups excluding carboxylic acids is 1. The first-order valence-electron chi connectivity index (χ1n) is 6.80. The Morgan fingerprint density at radius 2 is 1.96 bits per heavy atom. The molecule has 1 aliphatic heterocycles. The lowest BCUT2D eigenvalue weighted by Crippen LogP contribution is -2.31. The monoisotopic (exact) mass is 373 g/mol. The molecule has 3 rings (SSSR count). The molecule has 2 aromatic rings. The van der Waals surface area contributed by atoms with Gasteiger partial charge in [-0.1, -0.05) is 29.3 Å².